The molecule has 0 radical (unpaired) electrons. The molecule has 8 heteroatoms. The number of nitrogens with zero attached hydrogens (tertiary/aromatic N) is 4. The molecule has 0 saturated carbocycles. The molecular formula is C60H50N4O4+2. The van der Waals surface area contributed by atoms with Crippen LogP contribution in [0.3, 0.4) is 0 Å². The fourth-order valence-corrected chi connectivity index (χ4v) is 12.5. The van der Waals surface area contributed by atoms with Gasteiger partial charge in [0, 0.05) is 66.0 Å². The minimum absolute atomic E-state index is 0.0476. The van der Waals surface area contributed by atoms with Crippen LogP contribution < -0.4 is 31.4 Å². The Morgan fingerprint density at radius 1 is 0.338 bits per heavy atom. The van der Waals surface area contributed by atoms with Crippen molar-refractivity contribution >= 4 is 108 Å². The molecule has 0 bridgehead atoms. The second-order valence-electron chi connectivity index (χ2n) is 20.8. The van der Waals surface area contributed by atoms with Crippen molar-refractivity contribution in [3.8, 4) is 11.4 Å². The van der Waals surface area contributed by atoms with Crippen molar-refractivity contribution in [3.05, 3.63) is 161 Å². The molecular weight excluding hydrogens is 841 g/mol. The highest BCUT2D eigenvalue weighted by Crippen LogP contribution is 2.55. The van der Waals surface area contributed by atoms with Crippen LogP contribution in [0.1, 0.15) is 101 Å². The third-order valence-corrected chi connectivity index (χ3v) is 15.5. The van der Waals surface area contributed by atoms with Gasteiger partial charge in [0.2, 0.25) is 0 Å². The Balaban J connectivity index is 1.36. The Morgan fingerprint density at radius 3 is 0.897 bits per heavy atom. The summed E-state index contributed by atoms with van der Waals surface area (Å²) in [4.78, 5) is 62.8. The van der Waals surface area contributed by atoms with Gasteiger partial charge in [-0.15, -0.1) is 0 Å². The van der Waals surface area contributed by atoms with Crippen molar-refractivity contribution in [2.45, 2.75) is 79.1 Å². The number of pyridine rings is 4. The van der Waals surface area contributed by atoms with Crippen molar-refractivity contribution in [1.29, 1.82) is 0 Å². The van der Waals surface area contributed by atoms with Gasteiger partial charge in [-0.1, -0.05) is 91.8 Å². The van der Waals surface area contributed by atoms with Gasteiger partial charge in [0.1, 0.15) is 14.1 Å². The highest BCUT2D eigenvalue weighted by Gasteiger charge is 2.33. The first-order valence-corrected chi connectivity index (χ1v) is 24.0. The largest absolute Gasteiger partial charge is 0.268 e. The van der Waals surface area contributed by atoms with Gasteiger partial charge in [-0.3, -0.25) is 19.2 Å². The number of hydrogen-bond acceptors (Lipinski definition) is 4. The molecule has 0 saturated heterocycles. The Bertz CT molecular complexity index is 4270. The molecule has 0 spiro atoms. The Labute approximate surface area is 390 Å². The summed E-state index contributed by atoms with van der Waals surface area (Å²) in [7, 11) is 3.99. The standard InChI is InChI=1S/C60H50N4O4/c1-27(2)31-13-11-14-32(28(3)4)55(31)63-57(65)41-21-37-35-17-19-62(10)26-46(35)40-24-44-48-42(58(66)64(60(44)68)56-33(29(5)6)15-12-16-34(56)30(7)8)22-38-36-18-20-61(9)25-45(36)39-23-43(59(63)67)47(41)53-49(37)52(40)54(48)50(38)51(39)53/h11-30H,1-10H3/q+2. The molecule has 9 aromatic carbocycles. The summed E-state index contributed by atoms with van der Waals surface area (Å²) in [5.41, 5.74) is 3.76. The van der Waals surface area contributed by atoms with Crippen molar-refractivity contribution < 1.29 is 9.13 Å². The number of aryl methyl sites for hydroxylation is 2. The first kappa shape index (κ1) is 40.7. The van der Waals surface area contributed by atoms with Crippen LogP contribution in [-0.2, 0) is 14.1 Å². The third kappa shape index (κ3) is 4.89. The van der Waals surface area contributed by atoms with Crippen LogP contribution in [0.4, 0.5) is 0 Å². The fraction of sp³-hybridized carbons (Fsp3) is 0.233. The predicted molar refractivity (Wildman–Crippen MR) is 280 cm³/mol. The average Bonchev–Trinajstić information content (AvgIpc) is 3.31. The van der Waals surface area contributed by atoms with Crippen LogP contribution in [0.25, 0.3) is 119 Å². The molecule has 0 N–H and O–H groups in total. The maximum Gasteiger partial charge on any atom is 0.266 e. The van der Waals surface area contributed by atoms with Gasteiger partial charge in [0.25, 0.3) is 22.2 Å². The van der Waals surface area contributed by atoms with Gasteiger partial charge in [-0.25, -0.2) is 18.3 Å². The number of aromatic nitrogens is 4. The van der Waals surface area contributed by atoms with Gasteiger partial charge in [-0.05, 0) is 113 Å². The second kappa shape index (κ2) is 13.5. The first-order chi connectivity index (χ1) is 32.6. The molecule has 0 aliphatic carbocycles. The lowest BCUT2D eigenvalue weighted by Crippen LogP contribution is -2.34. The zero-order valence-electron chi connectivity index (χ0n) is 40.0. The van der Waals surface area contributed by atoms with Gasteiger partial charge in [0.05, 0.1) is 22.1 Å². The normalized spacial score (nSPS) is 13.0. The first-order valence-electron chi connectivity index (χ1n) is 24.0. The lowest BCUT2D eigenvalue weighted by Gasteiger charge is -2.26. The van der Waals surface area contributed by atoms with Crippen molar-refractivity contribution in [2.75, 3.05) is 0 Å². The molecule has 0 atom stereocenters. The summed E-state index contributed by atoms with van der Waals surface area (Å²) >= 11 is 0. The summed E-state index contributed by atoms with van der Waals surface area (Å²) < 4.78 is 6.99. The molecule has 4 heterocycles. The van der Waals surface area contributed by atoms with Crippen LogP contribution in [0.5, 0.6) is 0 Å². The molecule has 332 valence electrons. The summed E-state index contributed by atoms with van der Waals surface area (Å²) in [6.45, 7) is 16.9. The monoisotopic (exact) mass is 890 g/mol. The summed E-state index contributed by atoms with van der Waals surface area (Å²) in [5, 5.41) is 15.9. The van der Waals surface area contributed by atoms with Crippen molar-refractivity contribution in [1.82, 2.24) is 9.13 Å². The molecule has 0 fully saturated rings. The lowest BCUT2D eigenvalue weighted by atomic mass is 9.77. The molecule has 68 heavy (non-hydrogen) atoms. The number of rotatable bonds is 6. The summed E-state index contributed by atoms with van der Waals surface area (Å²) in [6.07, 6.45) is 8.26. The minimum Gasteiger partial charge on any atom is -0.268 e. The van der Waals surface area contributed by atoms with E-state index < -0.39 is 0 Å². The molecule has 13 rings (SSSR count). The highest BCUT2D eigenvalue weighted by atomic mass is 16.2. The van der Waals surface area contributed by atoms with Crippen molar-refractivity contribution in [2.24, 2.45) is 14.1 Å². The van der Waals surface area contributed by atoms with E-state index in [1.807, 2.05) is 96.3 Å². The molecule has 0 aliphatic heterocycles. The van der Waals surface area contributed by atoms with Gasteiger partial charge < -0.3 is 0 Å². The van der Waals surface area contributed by atoms with E-state index in [0.29, 0.717) is 43.7 Å². The van der Waals surface area contributed by atoms with Crippen LogP contribution >= 0.6 is 0 Å². The van der Waals surface area contributed by atoms with E-state index in [0.717, 1.165) is 97.7 Å². The maximum atomic E-state index is 15.7. The Morgan fingerprint density at radius 2 is 0.618 bits per heavy atom. The quantitative estimate of drug-likeness (QED) is 0.0945. The van der Waals surface area contributed by atoms with Crippen LogP contribution in [0, 0.1) is 0 Å². The van der Waals surface area contributed by atoms with E-state index in [-0.39, 0.29) is 45.9 Å². The molecule has 8 nitrogen and oxygen atoms in total. The molecule has 0 aliphatic rings. The SMILES string of the molecule is CC(C)c1cccc(C(C)C)c1-n1c(=O)c2cc3c4cc[n+](C)cc4c4cc5c(=O)n(-c6c(C(C)C)cccc6C(C)C)c(=O)c6cc7c8cc[n+](C)cc8c8cc(c1=O)c2c1c3c4c(c65)c7c81. The smallest absolute Gasteiger partial charge is 0.266 e. The fourth-order valence-electron chi connectivity index (χ4n) is 12.5. The highest BCUT2D eigenvalue weighted by molar-refractivity contribution is 6.54. The Hall–Kier alpha value is -7.58. The van der Waals surface area contributed by atoms with E-state index in [9.17, 15) is 0 Å². The average molecular weight is 891 g/mol. The zero-order valence-corrected chi connectivity index (χ0v) is 40.0. The van der Waals surface area contributed by atoms with Crippen molar-refractivity contribution in [3.63, 3.8) is 0 Å². The van der Waals surface area contributed by atoms with E-state index in [2.05, 4.69) is 79.9 Å². The van der Waals surface area contributed by atoms with Crippen LogP contribution in [0.2, 0.25) is 0 Å². The molecule has 0 amide bonds. The number of benzene rings is 9. The lowest BCUT2D eigenvalue weighted by molar-refractivity contribution is -0.670. The van der Waals surface area contributed by atoms with Gasteiger partial charge in [-0.2, -0.15) is 0 Å². The minimum atomic E-state index is -0.342. The van der Waals surface area contributed by atoms with Crippen LogP contribution in [-0.4, -0.2) is 9.13 Å². The number of para-hydroxylation sites is 2. The van der Waals surface area contributed by atoms with E-state index in [1.54, 1.807) is 0 Å². The topological polar surface area (TPSA) is 85.9 Å². The van der Waals surface area contributed by atoms with E-state index >= 15 is 19.2 Å². The Kier molecular flexibility index (Phi) is 8.09. The number of hydrogen-bond donors (Lipinski definition) is 0. The number of fused-ring (bicyclic) bond motifs is 6. The zero-order chi connectivity index (χ0) is 47.3. The van der Waals surface area contributed by atoms with Crippen LogP contribution in [0.15, 0.2) is 117 Å². The predicted octanol–water partition coefficient (Wildman–Crippen LogP) is 11.6. The van der Waals surface area contributed by atoms with E-state index in [1.165, 1.54) is 9.13 Å². The summed E-state index contributed by atoms with van der Waals surface area (Å²) in [6, 6.07) is 24.5. The van der Waals surface area contributed by atoms with Gasteiger partial charge >= 0.3 is 0 Å². The molecule has 0 unspecified atom stereocenters. The third-order valence-electron chi connectivity index (χ3n) is 15.5. The maximum absolute atomic E-state index is 15.7. The molecule has 13 aromatic rings. The van der Waals surface area contributed by atoms with Gasteiger partial charge in [0.15, 0.2) is 24.8 Å². The van der Waals surface area contributed by atoms with E-state index in [4.69, 9.17) is 0 Å². The second-order valence-corrected chi connectivity index (χ2v) is 20.8. The molecule has 4 aromatic heterocycles. The summed E-state index contributed by atoms with van der Waals surface area (Å²) in [5.74, 6) is 0.190.